The molecule has 0 aliphatic rings. The molecule has 1 aromatic carbocycles. The summed E-state index contributed by atoms with van der Waals surface area (Å²) in [6.45, 7) is 8.28. The summed E-state index contributed by atoms with van der Waals surface area (Å²) in [5, 5.41) is 22.2. The average molecular weight is 559 g/mol. The predicted molar refractivity (Wildman–Crippen MR) is 136 cm³/mol. The summed E-state index contributed by atoms with van der Waals surface area (Å²) in [5.74, 6) is 0.383. The Bertz CT molecular complexity index is 864. The molecule has 1 atom stereocenters. The highest BCUT2D eigenvalue weighted by atomic mass is 127. The van der Waals surface area contributed by atoms with Crippen molar-refractivity contribution in [3.05, 3.63) is 62.3 Å². The first-order valence-corrected chi connectivity index (χ1v) is 10.7. The van der Waals surface area contributed by atoms with E-state index < -0.39 is 4.92 Å². The second kappa shape index (κ2) is 12.6. The van der Waals surface area contributed by atoms with Crippen LogP contribution in [0.2, 0.25) is 0 Å². The van der Waals surface area contributed by atoms with Crippen molar-refractivity contribution in [2.75, 3.05) is 6.54 Å². The van der Waals surface area contributed by atoms with Crippen LogP contribution in [0.1, 0.15) is 50.6 Å². The molecule has 1 aromatic heterocycles. The van der Waals surface area contributed by atoms with Gasteiger partial charge in [0, 0.05) is 22.5 Å². The zero-order valence-electron chi connectivity index (χ0n) is 18.2. The Kier molecular flexibility index (Phi) is 10.9. The number of halogens is 1. The van der Waals surface area contributed by atoms with Gasteiger partial charge >= 0.3 is 0 Å². The normalized spacial score (nSPS) is 12.5. The second-order valence-corrected chi connectivity index (χ2v) is 8.84. The molecule has 170 valence electrons. The fourth-order valence-electron chi connectivity index (χ4n) is 2.70. The molecule has 3 N–H and O–H groups in total. The number of hydrogen-bond donors (Lipinski definition) is 3. The predicted octanol–water partition coefficient (Wildman–Crippen LogP) is 4.38. The van der Waals surface area contributed by atoms with E-state index in [9.17, 15) is 14.9 Å². The third-order valence-corrected chi connectivity index (χ3v) is 5.09. The van der Waals surface area contributed by atoms with Crippen LogP contribution in [-0.2, 0) is 11.3 Å². The van der Waals surface area contributed by atoms with Crippen molar-refractivity contribution in [1.29, 1.82) is 0 Å². The molecule has 0 aliphatic heterocycles. The summed E-state index contributed by atoms with van der Waals surface area (Å²) >= 11 is 1.66. The van der Waals surface area contributed by atoms with Crippen LogP contribution in [0.3, 0.4) is 0 Å². The van der Waals surface area contributed by atoms with Gasteiger partial charge in [0.2, 0.25) is 5.91 Å². The number of amides is 1. The van der Waals surface area contributed by atoms with Crippen LogP contribution >= 0.6 is 35.3 Å². The summed E-state index contributed by atoms with van der Waals surface area (Å²) in [6.07, 6.45) is 0.854. The molecule has 0 spiro atoms. The van der Waals surface area contributed by atoms with E-state index >= 15 is 0 Å². The van der Waals surface area contributed by atoms with Crippen molar-refractivity contribution < 1.29 is 9.72 Å². The number of nitro groups is 1. The Morgan fingerprint density at radius 3 is 2.42 bits per heavy atom. The number of rotatable bonds is 8. The zero-order chi connectivity index (χ0) is 22.1. The van der Waals surface area contributed by atoms with Crippen molar-refractivity contribution >= 4 is 52.9 Å². The van der Waals surface area contributed by atoms with Gasteiger partial charge in [-0.15, -0.1) is 35.3 Å². The van der Waals surface area contributed by atoms with Gasteiger partial charge in [-0.1, -0.05) is 25.1 Å². The van der Waals surface area contributed by atoms with Crippen LogP contribution < -0.4 is 16.0 Å². The molecule has 10 heteroatoms. The lowest BCUT2D eigenvalue weighted by molar-refractivity contribution is -0.384. The summed E-state index contributed by atoms with van der Waals surface area (Å²) in [4.78, 5) is 28.4. The molecular formula is C21H30IN5O3S. The average Bonchev–Trinajstić information content (AvgIpc) is 3.21. The van der Waals surface area contributed by atoms with Gasteiger partial charge in [0.25, 0.3) is 5.69 Å². The van der Waals surface area contributed by atoms with Gasteiger partial charge in [0.1, 0.15) is 0 Å². The number of non-ortho nitro benzene ring substituents is 1. The van der Waals surface area contributed by atoms with E-state index in [4.69, 9.17) is 0 Å². The minimum Gasteiger partial charge on any atom is -0.350 e. The van der Waals surface area contributed by atoms with Gasteiger partial charge in [-0.25, -0.2) is 4.99 Å². The van der Waals surface area contributed by atoms with E-state index in [1.54, 1.807) is 23.5 Å². The monoisotopic (exact) mass is 559 g/mol. The van der Waals surface area contributed by atoms with E-state index in [0.29, 0.717) is 12.5 Å². The number of benzene rings is 1. The smallest absolute Gasteiger partial charge is 0.269 e. The number of thiophene rings is 1. The topological polar surface area (TPSA) is 109 Å². The summed E-state index contributed by atoms with van der Waals surface area (Å²) in [7, 11) is 0. The van der Waals surface area contributed by atoms with Gasteiger partial charge in [-0.05, 0) is 44.2 Å². The van der Waals surface area contributed by atoms with Crippen LogP contribution in [0.4, 0.5) is 5.69 Å². The molecular weight excluding hydrogens is 529 g/mol. The number of hydrogen-bond acceptors (Lipinski definition) is 5. The summed E-state index contributed by atoms with van der Waals surface area (Å²) < 4.78 is 0. The number of carbonyl (C=O) groups is 1. The van der Waals surface area contributed by atoms with E-state index in [2.05, 4.69) is 33.9 Å². The molecule has 0 fully saturated rings. The second-order valence-electron chi connectivity index (χ2n) is 7.86. The lowest BCUT2D eigenvalue weighted by atomic mass is 10.1. The van der Waals surface area contributed by atoms with Crippen molar-refractivity contribution in [3.8, 4) is 0 Å². The number of aliphatic imine (C=N–C) groups is 1. The van der Waals surface area contributed by atoms with Crippen molar-refractivity contribution in [2.45, 2.75) is 52.2 Å². The van der Waals surface area contributed by atoms with Crippen LogP contribution in [-0.4, -0.2) is 28.9 Å². The molecule has 1 unspecified atom stereocenters. The Labute approximate surface area is 204 Å². The number of nitro benzene ring substituents is 1. The summed E-state index contributed by atoms with van der Waals surface area (Å²) in [5.41, 5.74) is 0.567. The highest BCUT2D eigenvalue weighted by Gasteiger charge is 2.16. The first kappa shape index (κ1) is 26.8. The number of nitrogens with zero attached hydrogens (tertiary/aromatic N) is 2. The van der Waals surface area contributed by atoms with E-state index in [1.807, 2.05) is 32.2 Å². The zero-order valence-corrected chi connectivity index (χ0v) is 21.3. The summed E-state index contributed by atoms with van der Waals surface area (Å²) in [6, 6.07) is 10.4. The third kappa shape index (κ3) is 9.64. The van der Waals surface area contributed by atoms with Gasteiger partial charge in [0.15, 0.2) is 5.96 Å². The maximum absolute atomic E-state index is 12.2. The molecule has 2 aromatic rings. The minimum atomic E-state index is -0.428. The van der Waals surface area contributed by atoms with Crippen molar-refractivity contribution in [3.63, 3.8) is 0 Å². The highest BCUT2D eigenvalue weighted by molar-refractivity contribution is 14.0. The van der Waals surface area contributed by atoms with Crippen LogP contribution in [0.25, 0.3) is 0 Å². The quantitative estimate of drug-likeness (QED) is 0.146. The molecule has 31 heavy (non-hydrogen) atoms. The van der Waals surface area contributed by atoms with Crippen LogP contribution in [0.15, 0.2) is 46.8 Å². The fraction of sp³-hybridized carbons (Fsp3) is 0.429. The molecule has 0 aliphatic carbocycles. The Morgan fingerprint density at radius 1 is 1.23 bits per heavy atom. The van der Waals surface area contributed by atoms with Gasteiger partial charge in [-0.2, -0.15) is 0 Å². The number of guanidine groups is 1. The molecule has 0 bridgehead atoms. The van der Waals surface area contributed by atoms with E-state index in [1.165, 1.54) is 17.0 Å². The SMILES string of the molecule is CCC(NC(=NCc1ccc([N+](=O)[O-])cc1)NCC(=O)NC(C)(C)C)c1cccs1.I. The third-order valence-electron chi connectivity index (χ3n) is 4.10. The van der Waals surface area contributed by atoms with Crippen LogP contribution in [0.5, 0.6) is 0 Å². The maximum Gasteiger partial charge on any atom is 0.269 e. The van der Waals surface area contributed by atoms with Gasteiger partial charge < -0.3 is 16.0 Å². The van der Waals surface area contributed by atoms with Crippen molar-refractivity contribution in [2.24, 2.45) is 4.99 Å². The minimum absolute atomic E-state index is 0. The first-order chi connectivity index (χ1) is 14.2. The first-order valence-electron chi connectivity index (χ1n) is 9.80. The standard InChI is InChI=1S/C21H29N5O3S.HI/c1-5-17(18-7-6-12-30-18)24-20(23-14-19(27)25-21(2,3)4)22-13-15-8-10-16(11-9-15)26(28)29;/h6-12,17H,5,13-14H2,1-4H3,(H,25,27)(H2,22,23,24);1H. The molecule has 0 radical (unpaired) electrons. The Hall–Kier alpha value is -2.21. The van der Waals surface area contributed by atoms with E-state index in [0.717, 1.165) is 12.0 Å². The molecule has 0 saturated heterocycles. The lowest BCUT2D eigenvalue weighted by Gasteiger charge is -2.22. The van der Waals surface area contributed by atoms with Gasteiger partial charge in [-0.3, -0.25) is 14.9 Å². The molecule has 8 nitrogen and oxygen atoms in total. The van der Waals surface area contributed by atoms with E-state index in [-0.39, 0.29) is 53.7 Å². The van der Waals surface area contributed by atoms with Crippen molar-refractivity contribution in [1.82, 2.24) is 16.0 Å². The fourth-order valence-corrected chi connectivity index (χ4v) is 3.56. The molecule has 0 saturated carbocycles. The molecule has 1 amide bonds. The maximum atomic E-state index is 12.2. The van der Waals surface area contributed by atoms with Gasteiger partial charge in [0.05, 0.1) is 24.1 Å². The Balaban J connectivity index is 0.00000480. The lowest BCUT2D eigenvalue weighted by Crippen LogP contribution is -2.48. The molecule has 2 rings (SSSR count). The van der Waals surface area contributed by atoms with Crippen LogP contribution in [0, 0.1) is 10.1 Å². The highest BCUT2D eigenvalue weighted by Crippen LogP contribution is 2.21. The number of nitrogens with one attached hydrogen (secondary N) is 3. The largest absolute Gasteiger partial charge is 0.350 e. The molecule has 1 heterocycles. The Morgan fingerprint density at radius 2 is 1.90 bits per heavy atom. The number of carbonyl (C=O) groups excluding carboxylic acids is 1.